The Kier molecular flexibility index (Phi) is 7.42. The molecule has 0 aliphatic heterocycles. The summed E-state index contributed by atoms with van der Waals surface area (Å²) in [5.74, 6) is 0.183. The molecule has 0 atom stereocenters. The van der Waals surface area contributed by atoms with Crippen LogP contribution in [0.4, 0.5) is 0 Å². The smallest absolute Gasteiger partial charge is 0.338 e. The molecule has 0 aliphatic carbocycles. The molecule has 8 heteroatoms. The third-order valence-corrected chi connectivity index (χ3v) is 5.37. The van der Waals surface area contributed by atoms with Crippen LogP contribution in [0.3, 0.4) is 0 Å². The lowest BCUT2D eigenvalue weighted by molar-refractivity contribution is 0.0450. The van der Waals surface area contributed by atoms with Gasteiger partial charge in [0.2, 0.25) is 10.0 Å². The minimum Gasteiger partial charge on any atom is -0.495 e. The molecular weight excluding hydrogens is 382 g/mol. The molecule has 152 valence electrons. The van der Waals surface area contributed by atoms with Gasteiger partial charge in [-0.1, -0.05) is 17.7 Å². The third-order valence-electron chi connectivity index (χ3n) is 3.69. The predicted molar refractivity (Wildman–Crippen MR) is 105 cm³/mol. The lowest BCUT2D eigenvalue weighted by Gasteiger charge is -2.14. The van der Waals surface area contributed by atoms with Gasteiger partial charge in [-0.15, -0.1) is 0 Å². The summed E-state index contributed by atoms with van der Waals surface area (Å²) >= 11 is 0. The van der Waals surface area contributed by atoms with Crippen LogP contribution >= 0.6 is 0 Å². The van der Waals surface area contributed by atoms with Gasteiger partial charge in [-0.25, -0.2) is 17.9 Å². The monoisotopic (exact) mass is 407 g/mol. The maximum atomic E-state index is 12.5. The fourth-order valence-electron chi connectivity index (χ4n) is 2.40. The van der Waals surface area contributed by atoms with Crippen molar-refractivity contribution >= 4 is 16.0 Å². The number of esters is 1. The highest BCUT2D eigenvalue weighted by molar-refractivity contribution is 7.89. The summed E-state index contributed by atoms with van der Waals surface area (Å²) < 4.78 is 43.2. The average Bonchev–Trinajstić information content (AvgIpc) is 2.65. The first-order chi connectivity index (χ1) is 13.2. The van der Waals surface area contributed by atoms with E-state index in [1.54, 1.807) is 13.8 Å². The van der Waals surface area contributed by atoms with Gasteiger partial charge in [-0.3, -0.25) is 0 Å². The number of ether oxygens (including phenoxy) is 3. The predicted octanol–water partition coefficient (Wildman–Crippen LogP) is 2.93. The van der Waals surface area contributed by atoms with Gasteiger partial charge in [0.15, 0.2) is 0 Å². The van der Waals surface area contributed by atoms with Crippen molar-refractivity contribution in [1.82, 2.24) is 4.72 Å². The third kappa shape index (κ3) is 5.97. The van der Waals surface area contributed by atoms with Gasteiger partial charge in [0, 0.05) is 6.04 Å². The number of methoxy groups -OCH3 is 1. The number of carbonyl (C=O) groups is 1. The molecule has 2 aromatic carbocycles. The van der Waals surface area contributed by atoms with E-state index in [0.29, 0.717) is 5.75 Å². The highest BCUT2D eigenvalue weighted by Crippen LogP contribution is 2.25. The summed E-state index contributed by atoms with van der Waals surface area (Å²) in [5, 5.41) is 0. The summed E-state index contributed by atoms with van der Waals surface area (Å²) in [6, 6.07) is 11.3. The molecule has 7 nitrogen and oxygen atoms in total. The van der Waals surface area contributed by atoms with Crippen molar-refractivity contribution in [3.05, 3.63) is 53.6 Å². The first-order valence-corrected chi connectivity index (χ1v) is 10.3. The van der Waals surface area contributed by atoms with E-state index in [1.165, 1.54) is 25.3 Å². The van der Waals surface area contributed by atoms with Crippen LogP contribution in [0.5, 0.6) is 11.5 Å². The van der Waals surface area contributed by atoms with E-state index in [-0.39, 0.29) is 35.5 Å². The second kappa shape index (κ2) is 9.57. The zero-order chi connectivity index (χ0) is 20.7. The number of aryl methyl sites for hydroxylation is 1. The van der Waals surface area contributed by atoms with Crippen molar-refractivity contribution in [1.29, 1.82) is 0 Å². The SMILES string of the molecule is COc1ccc(C(=O)OCCOc2ccc(C)cc2)cc1S(=O)(=O)NC(C)C. The average molecular weight is 407 g/mol. The number of carbonyl (C=O) groups excluding carboxylic acids is 1. The van der Waals surface area contributed by atoms with Crippen LogP contribution in [0.2, 0.25) is 0 Å². The normalized spacial score (nSPS) is 11.3. The van der Waals surface area contributed by atoms with Crippen molar-refractivity contribution in [2.75, 3.05) is 20.3 Å². The van der Waals surface area contributed by atoms with Gasteiger partial charge in [-0.05, 0) is 51.1 Å². The summed E-state index contributed by atoms with van der Waals surface area (Å²) in [4.78, 5) is 12.2. The number of hydrogen-bond donors (Lipinski definition) is 1. The van der Waals surface area contributed by atoms with Crippen LogP contribution in [0.25, 0.3) is 0 Å². The second-order valence-electron chi connectivity index (χ2n) is 6.44. The van der Waals surface area contributed by atoms with E-state index >= 15 is 0 Å². The standard InChI is InChI=1S/C20H25NO6S/c1-14(2)21-28(23,24)19-13-16(7-10-18(19)25-4)20(22)27-12-11-26-17-8-5-15(3)6-9-17/h5-10,13-14,21H,11-12H2,1-4H3. The van der Waals surface area contributed by atoms with Crippen molar-refractivity contribution in [3.8, 4) is 11.5 Å². The Morgan fingerprint density at radius 3 is 2.36 bits per heavy atom. The zero-order valence-corrected chi connectivity index (χ0v) is 17.2. The Balaban J connectivity index is 2.02. The molecule has 1 N–H and O–H groups in total. The molecule has 0 aliphatic rings. The lowest BCUT2D eigenvalue weighted by Crippen LogP contribution is -2.30. The van der Waals surface area contributed by atoms with Gasteiger partial charge in [-0.2, -0.15) is 0 Å². The van der Waals surface area contributed by atoms with E-state index in [1.807, 2.05) is 31.2 Å². The Bertz CT molecular complexity index is 907. The molecule has 0 unspecified atom stereocenters. The van der Waals surface area contributed by atoms with E-state index in [9.17, 15) is 13.2 Å². The molecular formula is C20H25NO6S. The Morgan fingerprint density at radius 1 is 1.07 bits per heavy atom. The molecule has 0 radical (unpaired) electrons. The van der Waals surface area contributed by atoms with Crippen LogP contribution in [-0.2, 0) is 14.8 Å². The lowest BCUT2D eigenvalue weighted by atomic mass is 10.2. The van der Waals surface area contributed by atoms with Gasteiger partial charge >= 0.3 is 5.97 Å². The Morgan fingerprint density at radius 2 is 1.75 bits per heavy atom. The highest BCUT2D eigenvalue weighted by Gasteiger charge is 2.22. The molecule has 0 fully saturated rings. The molecule has 0 aromatic heterocycles. The van der Waals surface area contributed by atoms with Crippen molar-refractivity contribution in [2.24, 2.45) is 0 Å². The molecule has 0 bridgehead atoms. The van der Waals surface area contributed by atoms with Crippen LogP contribution in [-0.4, -0.2) is 40.8 Å². The van der Waals surface area contributed by atoms with Crippen LogP contribution in [0.15, 0.2) is 47.4 Å². The summed E-state index contributed by atoms with van der Waals surface area (Å²) in [6.07, 6.45) is 0. The van der Waals surface area contributed by atoms with E-state index in [2.05, 4.69) is 4.72 Å². The highest BCUT2D eigenvalue weighted by atomic mass is 32.2. The molecule has 0 heterocycles. The molecule has 0 saturated carbocycles. The van der Waals surface area contributed by atoms with Gasteiger partial charge < -0.3 is 14.2 Å². The Hall–Kier alpha value is -2.58. The first kappa shape index (κ1) is 21.7. The van der Waals surface area contributed by atoms with Crippen LogP contribution in [0.1, 0.15) is 29.8 Å². The fraction of sp³-hybridized carbons (Fsp3) is 0.350. The van der Waals surface area contributed by atoms with Gasteiger partial charge in [0.25, 0.3) is 0 Å². The number of nitrogens with one attached hydrogen (secondary N) is 1. The summed E-state index contributed by atoms with van der Waals surface area (Å²) in [6.45, 7) is 5.61. The Labute approximate surface area is 165 Å². The van der Waals surface area contributed by atoms with E-state index < -0.39 is 16.0 Å². The molecule has 0 saturated heterocycles. The molecule has 0 spiro atoms. The van der Waals surface area contributed by atoms with Crippen molar-refractivity contribution in [3.63, 3.8) is 0 Å². The van der Waals surface area contributed by atoms with Gasteiger partial charge in [0.1, 0.15) is 29.6 Å². The minimum atomic E-state index is -3.83. The quantitative estimate of drug-likeness (QED) is 0.508. The molecule has 2 rings (SSSR count). The zero-order valence-electron chi connectivity index (χ0n) is 16.4. The molecule has 2 aromatic rings. The maximum Gasteiger partial charge on any atom is 0.338 e. The van der Waals surface area contributed by atoms with Crippen LogP contribution < -0.4 is 14.2 Å². The molecule has 28 heavy (non-hydrogen) atoms. The summed E-state index contributed by atoms with van der Waals surface area (Å²) in [5.41, 5.74) is 1.23. The van der Waals surface area contributed by atoms with Crippen LogP contribution in [0, 0.1) is 6.92 Å². The first-order valence-electron chi connectivity index (χ1n) is 8.80. The van der Waals surface area contributed by atoms with Crippen molar-refractivity contribution in [2.45, 2.75) is 31.7 Å². The van der Waals surface area contributed by atoms with Gasteiger partial charge in [0.05, 0.1) is 12.7 Å². The number of sulfonamides is 1. The number of hydrogen-bond acceptors (Lipinski definition) is 6. The topological polar surface area (TPSA) is 90.9 Å². The summed E-state index contributed by atoms with van der Waals surface area (Å²) in [7, 11) is -2.47. The van der Waals surface area contributed by atoms with E-state index in [0.717, 1.165) is 5.56 Å². The molecule has 0 amide bonds. The minimum absolute atomic E-state index is 0.0328. The fourth-order valence-corrected chi connectivity index (χ4v) is 3.85. The number of benzene rings is 2. The van der Waals surface area contributed by atoms with E-state index in [4.69, 9.17) is 14.2 Å². The number of rotatable bonds is 9. The van der Waals surface area contributed by atoms with Crippen molar-refractivity contribution < 1.29 is 27.4 Å². The maximum absolute atomic E-state index is 12.5. The second-order valence-corrected chi connectivity index (χ2v) is 8.12. The largest absolute Gasteiger partial charge is 0.495 e.